The van der Waals surface area contributed by atoms with Crippen LogP contribution in [0.2, 0.25) is 0 Å². The summed E-state index contributed by atoms with van der Waals surface area (Å²) in [6, 6.07) is 0.781. The van der Waals surface area contributed by atoms with Crippen molar-refractivity contribution < 1.29 is 0 Å². The van der Waals surface area contributed by atoms with Gasteiger partial charge in [-0.1, -0.05) is 25.7 Å². The van der Waals surface area contributed by atoms with Crippen LogP contribution in [0.1, 0.15) is 45.4 Å². The Morgan fingerprint density at radius 1 is 1.00 bits per heavy atom. The van der Waals surface area contributed by atoms with Gasteiger partial charge < -0.3 is 4.90 Å². The van der Waals surface area contributed by atoms with Gasteiger partial charge in [0.2, 0.25) is 0 Å². The van der Waals surface area contributed by atoms with Gasteiger partial charge in [-0.25, -0.2) is 0 Å². The highest BCUT2D eigenvalue weighted by Crippen LogP contribution is 2.26. The summed E-state index contributed by atoms with van der Waals surface area (Å²) in [6.45, 7) is 2.37. The molecule has 1 unspecified atom stereocenters. The maximum atomic E-state index is 2.37. The number of hydrogen-bond acceptors (Lipinski definition) is 1. The van der Waals surface area contributed by atoms with Crippen LogP contribution in [-0.2, 0) is 0 Å². The van der Waals surface area contributed by atoms with Crippen LogP contribution >= 0.6 is 0 Å². The smallest absolute Gasteiger partial charge is 0.00891 e. The fourth-order valence-electron chi connectivity index (χ4n) is 2.21. The topological polar surface area (TPSA) is 3.24 Å². The van der Waals surface area contributed by atoms with E-state index in [0.717, 1.165) is 12.0 Å². The summed E-state index contributed by atoms with van der Waals surface area (Å²) < 4.78 is 0. The van der Waals surface area contributed by atoms with Crippen LogP contribution in [0, 0.1) is 5.92 Å². The van der Waals surface area contributed by atoms with Crippen LogP contribution in [-0.4, -0.2) is 25.0 Å². The zero-order valence-electron chi connectivity index (χ0n) is 8.84. The van der Waals surface area contributed by atoms with Crippen LogP contribution in [0.4, 0.5) is 0 Å². The fraction of sp³-hybridized carbons (Fsp3) is 1.00. The van der Waals surface area contributed by atoms with Crippen molar-refractivity contribution in [1.29, 1.82) is 0 Å². The van der Waals surface area contributed by atoms with Gasteiger partial charge in [0.15, 0.2) is 0 Å². The summed E-state index contributed by atoms with van der Waals surface area (Å²) in [4.78, 5) is 2.37. The van der Waals surface area contributed by atoms with E-state index in [1.165, 1.54) is 38.5 Å². The minimum Gasteiger partial charge on any atom is -0.306 e. The lowest BCUT2D eigenvalue weighted by Crippen LogP contribution is -2.32. The van der Waals surface area contributed by atoms with Crippen LogP contribution in [0.5, 0.6) is 0 Å². The van der Waals surface area contributed by atoms with E-state index in [9.17, 15) is 0 Å². The third kappa shape index (κ3) is 2.78. The van der Waals surface area contributed by atoms with Crippen molar-refractivity contribution in [2.24, 2.45) is 5.92 Å². The van der Waals surface area contributed by atoms with Crippen LogP contribution in [0.15, 0.2) is 0 Å². The van der Waals surface area contributed by atoms with Gasteiger partial charge in [0.05, 0.1) is 0 Å². The maximum absolute atomic E-state index is 2.37. The van der Waals surface area contributed by atoms with Gasteiger partial charge in [-0.2, -0.15) is 0 Å². The van der Waals surface area contributed by atoms with Crippen molar-refractivity contribution in [3.63, 3.8) is 0 Å². The first kappa shape index (κ1) is 10.0. The highest BCUT2D eigenvalue weighted by atomic mass is 15.1. The Morgan fingerprint density at radius 2 is 1.50 bits per heavy atom. The van der Waals surface area contributed by atoms with E-state index in [-0.39, 0.29) is 0 Å². The molecular weight excluding hydrogens is 146 g/mol. The molecule has 0 heterocycles. The third-order valence-electron chi connectivity index (χ3n) is 3.40. The molecule has 1 fully saturated rings. The Labute approximate surface area is 77.1 Å². The zero-order chi connectivity index (χ0) is 8.97. The molecule has 1 atom stereocenters. The Morgan fingerprint density at radius 3 is 1.92 bits per heavy atom. The molecule has 0 bridgehead atoms. The van der Waals surface area contributed by atoms with Crippen LogP contribution < -0.4 is 0 Å². The van der Waals surface area contributed by atoms with Crippen molar-refractivity contribution in [3.05, 3.63) is 0 Å². The molecule has 0 aromatic heterocycles. The lowest BCUT2D eigenvalue weighted by Gasteiger charge is -2.28. The predicted octanol–water partition coefficient (Wildman–Crippen LogP) is 2.91. The molecule has 72 valence electrons. The average Bonchev–Trinajstić information content (AvgIpc) is 2.30. The number of rotatable bonds is 2. The van der Waals surface area contributed by atoms with Gasteiger partial charge >= 0.3 is 0 Å². The van der Waals surface area contributed by atoms with E-state index in [1.807, 2.05) is 0 Å². The molecule has 0 saturated heterocycles. The van der Waals surface area contributed by atoms with Crippen LogP contribution in [0.25, 0.3) is 0 Å². The predicted molar refractivity (Wildman–Crippen MR) is 54.3 cm³/mol. The van der Waals surface area contributed by atoms with E-state index in [2.05, 4.69) is 25.9 Å². The summed E-state index contributed by atoms with van der Waals surface area (Å²) in [6.07, 6.45) is 8.78. The van der Waals surface area contributed by atoms with Gasteiger partial charge in [-0.15, -0.1) is 0 Å². The SMILES string of the molecule is CC(C1CCCCCC1)N(C)C. The van der Waals surface area contributed by atoms with E-state index in [1.54, 1.807) is 0 Å². The Kier molecular flexibility index (Phi) is 4.07. The average molecular weight is 169 g/mol. The molecule has 1 aliphatic carbocycles. The first-order valence-electron chi connectivity index (χ1n) is 5.38. The van der Waals surface area contributed by atoms with Gasteiger partial charge in [0.25, 0.3) is 0 Å². The molecule has 1 heteroatoms. The minimum absolute atomic E-state index is 0.781. The largest absolute Gasteiger partial charge is 0.306 e. The lowest BCUT2D eigenvalue weighted by molar-refractivity contribution is 0.210. The van der Waals surface area contributed by atoms with Gasteiger partial charge in [0.1, 0.15) is 0 Å². The number of nitrogens with zero attached hydrogens (tertiary/aromatic N) is 1. The molecule has 1 rings (SSSR count). The normalized spacial score (nSPS) is 24.0. The molecule has 0 aromatic rings. The monoisotopic (exact) mass is 169 g/mol. The van der Waals surface area contributed by atoms with E-state index < -0.39 is 0 Å². The summed E-state index contributed by atoms with van der Waals surface area (Å²) in [7, 11) is 4.41. The maximum Gasteiger partial charge on any atom is 0.00891 e. The standard InChI is InChI=1S/C11H23N/c1-10(12(2)3)11-8-6-4-5-7-9-11/h10-11H,4-9H2,1-3H3. The Hall–Kier alpha value is -0.0400. The second kappa shape index (κ2) is 4.86. The Bertz CT molecular complexity index is 112. The summed E-state index contributed by atoms with van der Waals surface area (Å²) in [5.74, 6) is 0.961. The third-order valence-corrected chi connectivity index (χ3v) is 3.40. The second-order valence-corrected chi connectivity index (χ2v) is 4.46. The summed E-state index contributed by atoms with van der Waals surface area (Å²) in [5, 5.41) is 0. The van der Waals surface area contributed by atoms with Crippen molar-refractivity contribution in [1.82, 2.24) is 4.90 Å². The molecule has 1 nitrogen and oxygen atoms in total. The lowest BCUT2D eigenvalue weighted by atomic mass is 9.92. The van der Waals surface area contributed by atoms with Crippen molar-refractivity contribution >= 4 is 0 Å². The van der Waals surface area contributed by atoms with Gasteiger partial charge in [-0.3, -0.25) is 0 Å². The molecule has 0 radical (unpaired) electrons. The highest BCUT2D eigenvalue weighted by molar-refractivity contribution is 4.74. The van der Waals surface area contributed by atoms with Gasteiger partial charge in [-0.05, 0) is 39.8 Å². The fourth-order valence-corrected chi connectivity index (χ4v) is 2.21. The Balaban J connectivity index is 2.37. The van der Waals surface area contributed by atoms with Crippen LogP contribution in [0.3, 0.4) is 0 Å². The first-order chi connectivity index (χ1) is 5.72. The molecule has 0 aliphatic heterocycles. The molecule has 1 aliphatic rings. The summed E-state index contributed by atoms with van der Waals surface area (Å²) in [5.41, 5.74) is 0. The molecule has 12 heavy (non-hydrogen) atoms. The zero-order valence-corrected chi connectivity index (χ0v) is 8.84. The molecule has 0 spiro atoms. The van der Waals surface area contributed by atoms with Crippen molar-refractivity contribution in [2.75, 3.05) is 14.1 Å². The summed E-state index contributed by atoms with van der Waals surface area (Å²) >= 11 is 0. The molecule has 1 saturated carbocycles. The molecule has 0 amide bonds. The van der Waals surface area contributed by atoms with Crippen molar-refractivity contribution in [3.8, 4) is 0 Å². The number of hydrogen-bond donors (Lipinski definition) is 0. The van der Waals surface area contributed by atoms with Crippen molar-refractivity contribution in [2.45, 2.75) is 51.5 Å². The molecule has 0 N–H and O–H groups in total. The second-order valence-electron chi connectivity index (χ2n) is 4.46. The quantitative estimate of drug-likeness (QED) is 0.574. The van der Waals surface area contributed by atoms with Gasteiger partial charge in [0, 0.05) is 6.04 Å². The van der Waals surface area contributed by atoms with E-state index in [4.69, 9.17) is 0 Å². The molecular formula is C11H23N. The highest BCUT2D eigenvalue weighted by Gasteiger charge is 2.19. The van der Waals surface area contributed by atoms with E-state index in [0.29, 0.717) is 0 Å². The minimum atomic E-state index is 0.781. The molecule has 0 aromatic carbocycles. The van der Waals surface area contributed by atoms with E-state index >= 15 is 0 Å². The first-order valence-corrected chi connectivity index (χ1v) is 5.38.